The first kappa shape index (κ1) is 17.8. The molecule has 0 radical (unpaired) electrons. The summed E-state index contributed by atoms with van der Waals surface area (Å²) in [6.45, 7) is 0.433. The lowest BCUT2D eigenvalue weighted by molar-refractivity contribution is -0.137. The van der Waals surface area contributed by atoms with Gasteiger partial charge in [0.25, 0.3) is 0 Å². The van der Waals surface area contributed by atoms with Crippen LogP contribution in [0.2, 0.25) is 0 Å². The third kappa shape index (κ3) is 3.73. The van der Waals surface area contributed by atoms with Crippen LogP contribution in [0.15, 0.2) is 65.5 Å². The molecule has 0 bridgehead atoms. The predicted molar refractivity (Wildman–Crippen MR) is 102 cm³/mol. The maximum absolute atomic E-state index is 11.2. The molecule has 142 valence electrons. The molecule has 0 aliphatic rings. The molecule has 4 rings (SSSR count). The topological polar surface area (TPSA) is 90.4 Å². The molecule has 4 aromatic rings. The number of benzene rings is 2. The first-order valence-corrected chi connectivity index (χ1v) is 8.85. The number of aromatic nitrogens is 3. The fourth-order valence-corrected chi connectivity index (χ4v) is 3.21. The fourth-order valence-electron chi connectivity index (χ4n) is 3.21. The standard InChI is InChI=1S/C21H19N3O4/c1-24-20-10-14(2-3-16(20)12-22-24)13-27-17-6-4-15(5-7-17)18(11-21(25)26)19-8-9-28-23-19/h2-10,12,18H,11,13H2,1H3,(H,25,26)/t18-/m0/s1. The highest BCUT2D eigenvalue weighted by Crippen LogP contribution is 2.28. The number of ether oxygens (including phenoxy) is 1. The van der Waals surface area contributed by atoms with Gasteiger partial charge in [-0.2, -0.15) is 5.10 Å². The molecule has 0 spiro atoms. The van der Waals surface area contributed by atoms with Crippen LogP contribution in [0, 0.1) is 0 Å². The van der Waals surface area contributed by atoms with Crippen LogP contribution >= 0.6 is 0 Å². The minimum Gasteiger partial charge on any atom is -0.489 e. The minimum atomic E-state index is -0.890. The maximum atomic E-state index is 11.2. The molecule has 0 amide bonds. The van der Waals surface area contributed by atoms with Gasteiger partial charge in [-0.1, -0.05) is 29.4 Å². The van der Waals surface area contributed by atoms with Gasteiger partial charge in [0.05, 0.1) is 23.8 Å². The summed E-state index contributed by atoms with van der Waals surface area (Å²) < 4.78 is 12.6. The van der Waals surface area contributed by atoms with Crippen molar-refractivity contribution in [2.75, 3.05) is 0 Å². The number of aliphatic carboxylic acids is 1. The van der Waals surface area contributed by atoms with Gasteiger partial charge in [-0.15, -0.1) is 0 Å². The van der Waals surface area contributed by atoms with E-state index in [2.05, 4.69) is 16.3 Å². The van der Waals surface area contributed by atoms with Crippen molar-refractivity contribution in [3.63, 3.8) is 0 Å². The van der Waals surface area contributed by atoms with E-state index in [-0.39, 0.29) is 12.3 Å². The largest absolute Gasteiger partial charge is 0.489 e. The Morgan fingerprint density at radius 2 is 2.04 bits per heavy atom. The van der Waals surface area contributed by atoms with E-state index in [9.17, 15) is 9.90 Å². The van der Waals surface area contributed by atoms with Crippen molar-refractivity contribution >= 4 is 16.9 Å². The lowest BCUT2D eigenvalue weighted by atomic mass is 9.92. The van der Waals surface area contributed by atoms with Crippen molar-refractivity contribution in [1.82, 2.24) is 14.9 Å². The molecule has 1 atom stereocenters. The molecular weight excluding hydrogens is 358 g/mol. The van der Waals surface area contributed by atoms with Crippen LogP contribution in [-0.4, -0.2) is 26.0 Å². The average Bonchev–Trinajstić information content (AvgIpc) is 3.35. The van der Waals surface area contributed by atoms with Gasteiger partial charge >= 0.3 is 5.97 Å². The number of fused-ring (bicyclic) bond motifs is 1. The van der Waals surface area contributed by atoms with Gasteiger partial charge in [0.1, 0.15) is 18.6 Å². The number of hydrogen-bond donors (Lipinski definition) is 1. The summed E-state index contributed by atoms with van der Waals surface area (Å²) in [4.78, 5) is 11.2. The zero-order valence-corrected chi connectivity index (χ0v) is 15.3. The molecule has 2 heterocycles. The monoisotopic (exact) mass is 377 g/mol. The number of hydrogen-bond acceptors (Lipinski definition) is 5. The Bertz CT molecular complexity index is 1080. The zero-order valence-electron chi connectivity index (χ0n) is 15.3. The summed E-state index contributed by atoms with van der Waals surface area (Å²) in [5.74, 6) is -0.542. The normalized spacial score (nSPS) is 12.2. The summed E-state index contributed by atoms with van der Waals surface area (Å²) in [5.41, 5.74) is 3.55. The molecular formula is C21H19N3O4. The van der Waals surface area contributed by atoms with E-state index >= 15 is 0 Å². The third-order valence-corrected chi connectivity index (χ3v) is 4.70. The average molecular weight is 377 g/mol. The van der Waals surface area contributed by atoms with Crippen LogP contribution < -0.4 is 4.74 Å². The smallest absolute Gasteiger partial charge is 0.304 e. The molecule has 0 unspecified atom stereocenters. The van der Waals surface area contributed by atoms with Crippen molar-refractivity contribution in [1.29, 1.82) is 0 Å². The van der Waals surface area contributed by atoms with Gasteiger partial charge < -0.3 is 14.4 Å². The molecule has 0 saturated carbocycles. The van der Waals surface area contributed by atoms with Crippen molar-refractivity contribution < 1.29 is 19.2 Å². The van der Waals surface area contributed by atoms with E-state index < -0.39 is 5.97 Å². The van der Waals surface area contributed by atoms with Crippen LogP contribution in [-0.2, 0) is 18.4 Å². The Labute approximate surface area is 161 Å². The lowest BCUT2D eigenvalue weighted by Gasteiger charge is -2.13. The van der Waals surface area contributed by atoms with Gasteiger partial charge in [-0.3, -0.25) is 9.48 Å². The lowest BCUT2D eigenvalue weighted by Crippen LogP contribution is -2.08. The quantitative estimate of drug-likeness (QED) is 0.527. The Morgan fingerprint density at radius 1 is 1.21 bits per heavy atom. The van der Waals surface area contributed by atoms with Crippen molar-refractivity contribution in [2.45, 2.75) is 18.9 Å². The van der Waals surface area contributed by atoms with Gasteiger partial charge in [0.15, 0.2) is 0 Å². The molecule has 2 aromatic heterocycles. The van der Waals surface area contributed by atoms with E-state index in [1.807, 2.05) is 54.3 Å². The van der Waals surface area contributed by atoms with Crippen LogP contribution in [0.25, 0.3) is 10.9 Å². The van der Waals surface area contributed by atoms with Crippen LogP contribution in [0.5, 0.6) is 5.75 Å². The van der Waals surface area contributed by atoms with E-state index in [1.165, 1.54) is 6.26 Å². The van der Waals surface area contributed by atoms with Gasteiger partial charge in [0.2, 0.25) is 0 Å². The number of carbonyl (C=O) groups is 1. The summed E-state index contributed by atoms with van der Waals surface area (Å²) >= 11 is 0. The third-order valence-electron chi connectivity index (χ3n) is 4.70. The fraction of sp³-hybridized carbons (Fsp3) is 0.190. The zero-order chi connectivity index (χ0) is 19.5. The SMILES string of the molecule is Cn1ncc2ccc(COc3ccc([C@H](CC(=O)O)c4ccon4)cc3)cc21. The van der Waals surface area contributed by atoms with E-state index in [4.69, 9.17) is 9.26 Å². The molecule has 7 nitrogen and oxygen atoms in total. The highest BCUT2D eigenvalue weighted by Gasteiger charge is 2.20. The number of carboxylic acids is 1. The first-order valence-electron chi connectivity index (χ1n) is 8.85. The van der Waals surface area contributed by atoms with Crippen LogP contribution in [0.4, 0.5) is 0 Å². The van der Waals surface area contributed by atoms with Gasteiger partial charge in [-0.25, -0.2) is 0 Å². The molecule has 0 aliphatic carbocycles. The van der Waals surface area contributed by atoms with Crippen LogP contribution in [0.3, 0.4) is 0 Å². The van der Waals surface area contributed by atoms with Gasteiger partial charge in [0, 0.05) is 24.4 Å². The van der Waals surface area contributed by atoms with E-state index in [1.54, 1.807) is 6.07 Å². The second kappa shape index (κ2) is 7.56. The maximum Gasteiger partial charge on any atom is 0.304 e. The van der Waals surface area contributed by atoms with Crippen molar-refractivity contribution in [2.24, 2.45) is 7.05 Å². The molecule has 0 fully saturated rings. The second-order valence-electron chi connectivity index (χ2n) is 6.59. The number of nitrogens with zero attached hydrogens (tertiary/aromatic N) is 3. The first-order chi connectivity index (χ1) is 13.6. The number of carboxylic acid groups (broad SMARTS) is 1. The van der Waals surface area contributed by atoms with E-state index in [0.717, 1.165) is 22.0 Å². The molecule has 28 heavy (non-hydrogen) atoms. The summed E-state index contributed by atoms with van der Waals surface area (Å²) in [7, 11) is 1.91. The van der Waals surface area contributed by atoms with Crippen molar-refractivity contribution in [3.05, 3.63) is 77.8 Å². The number of rotatable bonds is 7. The summed E-state index contributed by atoms with van der Waals surface area (Å²) in [6, 6.07) is 15.2. The Balaban J connectivity index is 1.47. The Kier molecular flexibility index (Phi) is 4.80. The molecule has 1 N–H and O–H groups in total. The predicted octanol–water partition coefficient (Wildman–Crippen LogP) is 3.75. The number of aryl methyl sites for hydroxylation is 1. The summed E-state index contributed by atoms with van der Waals surface area (Å²) in [5, 5.41) is 18.4. The highest BCUT2D eigenvalue weighted by atomic mass is 16.5. The highest BCUT2D eigenvalue weighted by molar-refractivity contribution is 5.79. The molecule has 2 aromatic carbocycles. The molecule has 0 saturated heterocycles. The van der Waals surface area contributed by atoms with Crippen molar-refractivity contribution in [3.8, 4) is 5.75 Å². The minimum absolute atomic E-state index is 0.0581. The van der Waals surface area contributed by atoms with Gasteiger partial charge in [-0.05, 0) is 29.3 Å². The van der Waals surface area contributed by atoms with E-state index in [0.29, 0.717) is 18.1 Å². The molecule has 0 aliphatic heterocycles. The Hall–Kier alpha value is -3.61. The molecule has 7 heteroatoms. The second-order valence-corrected chi connectivity index (χ2v) is 6.59. The summed E-state index contributed by atoms with van der Waals surface area (Å²) in [6.07, 6.45) is 3.22. The Morgan fingerprint density at radius 3 is 2.75 bits per heavy atom. The van der Waals surface area contributed by atoms with Crippen LogP contribution in [0.1, 0.15) is 29.2 Å².